The van der Waals surface area contributed by atoms with Crippen LogP contribution in [0.15, 0.2) is 80.7 Å². The van der Waals surface area contributed by atoms with Crippen LogP contribution in [0.2, 0.25) is 0 Å². The van der Waals surface area contributed by atoms with Gasteiger partial charge in [-0.25, -0.2) is 8.42 Å². The summed E-state index contributed by atoms with van der Waals surface area (Å²) in [5.41, 5.74) is 3.06. The smallest absolute Gasteiger partial charge is 0.206 e. The molecule has 2 aliphatic carbocycles. The minimum absolute atomic E-state index is 0.0633. The molecule has 1 aliphatic heterocycles. The summed E-state index contributed by atoms with van der Waals surface area (Å²) in [5.74, 6) is 0.457. The number of hydrogen-bond acceptors (Lipinski definition) is 4. The van der Waals surface area contributed by atoms with E-state index < -0.39 is 9.84 Å². The van der Waals surface area contributed by atoms with Gasteiger partial charge in [-0.1, -0.05) is 31.1 Å². The summed E-state index contributed by atoms with van der Waals surface area (Å²) in [5, 5.41) is 0. The number of para-hydroxylation sites is 1. The maximum Gasteiger partial charge on any atom is 0.206 e. The van der Waals surface area contributed by atoms with E-state index in [1.165, 1.54) is 7.11 Å². The van der Waals surface area contributed by atoms with Crippen LogP contribution >= 0.6 is 0 Å². The maximum atomic E-state index is 13.6. The summed E-state index contributed by atoms with van der Waals surface area (Å²) in [6.45, 7) is 0. The minimum atomic E-state index is -3.63. The standard InChI is InChI=1S/C22H23NO3S/c1-26-20-8-4-5-9-21(20)27(24,25)22(17-6-2-3-7-17)15-16-10-11-19-18(14-16)12-13-23-19/h4-5,8-10,12-15,17H,2-3,6-7,11H2,1H3. The van der Waals surface area contributed by atoms with Crippen LogP contribution < -0.4 is 4.74 Å². The molecule has 4 nitrogen and oxygen atoms in total. The number of hydrogen-bond donors (Lipinski definition) is 0. The molecule has 1 saturated carbocycles. The first kappa shape index (κ1) is 18.0. The molecule has 3 aliphatic rings. The fourth-order valence-electron chi connectivity index (χ4n) is 3.99. The number of aliphatic imine (C=N–C) groups is 1. The molecule has 0 radical (unpaired) electrons. The van der Waals surface area contributed by atoms with Crippen molar-refractivity contribution in [1.82, 2.24) is 0 Å². The number of sulfone groups is 1. The highest BCUT2D eigenvalue weighted by atomic mass is 32.2. The van der Waals surface area contributed by atoms with Crippen LogP contribution in [0.1, 0.15) is 32.1 Å². The molecule has 0 spiro atoms. The molecular formula is C22H23NO3S. The molecule has 1 aromatic rings. The van der Waals surface area contributed by atoms with E-state index in [1.807, 2.05) is 18.2 Å². The molecule has 5 heteroatoms. The number of benzene rings is 1. The van der Waals surface area contributed by atoms with Gasteiger partial charge in [0, 0.05) is 12.6 Å². The Morgan fingerprint density at radius 3 is 2.78 bits per heavy atom. The summed E-state index contributed by atoms with van der Waals surface area (Å²) in [4.78, 5) is 5.09. The summed E-state index contributed by atoms with van der Waals surface area (Å²) >= 11 is 0. The monoisotopic (exact) mass is 381 g/mol. The van der Waals surface area contributed by atoms with E-state index in [0.717, 1.165) is 49.0 Å². The molecule has 1 aromatic carbocycles. The Kier molecular flexibility index (Phi) is 4.87. The van der Waals surface area contributed by atoms with Crippen molar-refractivity contribution in [2.75, 3.05) is 7.11 Å². The van der Waals surface area contributed by atoms with E-state index in [4.69, 9.17) is 4.74 Å². The predicted octanol–water partition coefficient (Wildman–Crippen LogP) is 4.77. The lowest BCUT2D eigenvalue weighted by atomic mass is 9.96. The van der Waals surface area contributed by atoms with E-state index in [-0.39, 0.29) is 10.8 Å². The molecule has 1 fully saturated rings. The summed E-state index contributed by atoms with van der Waals surface area (Å²) < 4.78 is 32.5. The van der Waals surface area contributed by atoms with Gasteiger partial charge in [-0.3, -0.25) is 4.99 Å². The Balaban J connectivity index is 1.79. The second kappa shape index (κ2) is 7.31. The van der Waals surface area contributed by atoms with Gasteiger partial charge in [-0.2, -0.15) is 0 Å². The molecule has 0 amide bonds. The third kappa shape index (κ3) is 3.44. The Hall–Kier alpha value is -2.40. The predicted molar refractivity (Wildman–Crippen MR) is 108 cm³/mol. The molecule has 0 unspecified atom stereocenters. The zero-order valence-corrected chi connectivity index (χ0v) is 16.2. The number of fused-ring (bicyclic) bond motifs is 1. The van der Waals surface area contributed by atoms with Crippen molar-refractivity contribution in [2.24, 2.45) is 10.9 Å². The van der Waals surface area contributed by atoms with Gasteiger partial charge in [0.1, 0.15) is 10.6 Å². The van der Waals surface area contributed by atoms with Gasteiger partial charge in [-0.15, -0.1) is 0 Å². The molecule has 27 heavy (non-hydrogen) atoms. The van der Waals surface area contributed by atoms with Crippen molar-refractivity contribution in [3.8, 4) is 5.75 Å². The van der Waals surface area contributed by atoms with Crippen LogP contribution in [0.25, 0.3) is 0 Å². The van der Waals surface area contributed by atoms with Crippen molar-refractivity contribution >= 4 is 15.5 Å². The average Bonchev–Trinajstić information content (AvgIpc) is 3.37. The molecule has 0 saturated heterocycles. The van der Waals surface area contributed by atoms with E-state index >= 15 is 0 Å². The Morgan fingerprint density at radius 2 is 2.00 bits per heavy atom. The lowest BCUT2D eigenvalue weighted by molar-refractivity contribution is 0.403. The molecule has 4 rings (SSSR count). The van der Waals surface area contributed by atoms with Crippen molar-refractivity contribution < 1.29 is 13.2 Å². The molecular weight excluding hydrogens is 358 g/mol. The SMILES string of the molecule is COc1ccccc1S(=O)(=O)C(=CC1=CCC2=NC=CC2=C1)C1CCCC1. The third-order valence-electron chi connectivity index (χ3n) is 5.41. The van der Waals surface area contributed by atoms with Crippen LogP contribution in [-0.4, -0.2) is 21.2 Å². The highest BCUT2D eigenvalue weighted by Crippen LogP contribution is 2.40. The molecule has 0 aromatic heterocycles. The minimum Gasteiger partial charge on any atom is -0.495 e. The van der Waals surface area contributed by atoms with Gasteiger partial charge in [0.15, 0.2) is 0 Å². The van der Waals surface area contributed by atoms with Gasteiger partial charge in [0.05, 0.1) is 17.7 Å². The fourth-order valence-corrected chi connectivity index (χ4v) is 5.88. The normalized spacial score (nSPS) is 20.2. The zero-order chi connectivity index (χ0) is 18.9. The van der Waals surface area contributed by atoms with Gasteiger partial charge >= 0.3 is 0 Å². The van der Waals surface area contributed by atoms with Crippen LogP contribution in [0.3, 0.4) is 0 Å². The first-order chi connectivity index (χ1) is 13.1. The quantitative estimate of drug-likeness (QED) is 0.738. The van der Waals surface area contributed by atoms with E-state index in [9.17, 15) is 8.42 Å². The number of allylic oxidation sites excluding steroid dienone is 7. The van der Waals surface area contributed by atoms with Crippen LogP contribution in [0.5, 0.6) is 5.75 Å². The van der Waals surface area contributed by atoms with Gasteiger partial charge in [-0.05, 0) is 60.3 Å². The highest BCUT2D eigenvalue weighted by Gasteiger charge is 2.32. The lowest BCUT2D eigenvalue weighted by Crippen LogP contribution is -2.14. The van der Waals surface area contributed by atoms with Gasteiger partial charge in [0.2, 0.25) is 9.84 Å². The largest absolute Gasteiger partial charge is 0.495 e. The Bertz CT molecular complexity index is 1000. The van der Waals surface area contributed by atoms with Gasteiger partial charge < -0.3 is 4.74 Å². The number of ether oxygens (including phenoxy) is 1. The topological polar surface area (TPSA) is 55.7 Å². The summed E-state index contributed by atoms with van der Waals surface area (Å²) in [6.07, 6.45) is 14.4. The van der Waals surface area contributed by atoms with Crippen molar-refractivity contribution in [1.29, 1.82) is 0 Å². The molecule has 0 N–H and O–H groups in total. The fraction of sp³-hybridized carbons (Fsp3) is 0.318. The number of rotatable bonds is 5. The summed E-state index contributed by atoms with van der Waals surface area (Å²) in [7, 11) is -2.12. The molecule has 0 bridgehead atoms. The van der Waals surface area contributed by atoms with Crippen LogP contribution in [-0.2, 0) is 9.84 Å². The first-order valence-corrected chi connectivity index (χ1v) is 10.8. The van der Waals surface area contributed by atoms with Crippen molar-refractivity contribution in [3.05, 3.63) is 70.8 Å². The lowest BCUT2D eigenvalue weighted by Gasteiger charge is -2.18. The van der Waals surface area contributed by atoms with Crippen LogP contribution in [0.4, 0.5) is 0 Å². The molecule has 140 valence electrons. The maximum absolute atomic E-state index is 13.6. The van der Waals surface area contributed by atoms with Crippen molar-refractivity contribution in [3.63, 3.8) is 0 Å². The Labute approximate surface area is 160 Å². The Morgan fingerprint density at radius 1 is 1.22 bits per heavy atom. The van der Waals surface area contributed by atoms with E-state index in [1.54, 1.807) is 30.5 Å². The molecule has 0 atom stereocenters. The number of nitrogens with zero attached hydrogens (tertiary/aromatic N) is 1. The average molecular weight is 381 g/mol. The first-order valence-electron chi connectivity index (χ1n) is 9.35. The van der Waals surface area contributed by atoms with Crippen LogP contribution in [0, 0.1) is 5.92 Å². The highest BCUT2D eigenvalue weighted by molar-refractivity contribution is 7.95. The zero-order valence-electron chi connectivity index (χ0n) is 15.4. The van der Waals surface area contributed by atoms with Crippen molar-refractivity contribution in [2.45, 2.75) is 37.0 Å². The number of methoxy groups -OCH3 is 1. The second-order valence-corrected chi connectivity index (χ2v) is 9.00. The van der Waals surface area contributed by atoms with Gasteiger partial charge in [0.25, 0.3) is 0 Å². The second-order valence-electron chi connectivity index (χ2n) is 7.08. The summed E-state index contributed by atoms with van der Waals surface area (Å²) in [6, 6.07) is 6.87. The third-order valence-corrected chi connectivity index (χ3v) is 7.39. The van der Waals surface area contributed by atoms with E-state index in [2.05, 4.69) is 11.1 Å². The van der Waals surface area contributed by atoms with E-state index in [0.29, 0.717) is 10.7 Å². The molecule has 1 heterocycles.